The summed E-state index contributed by atoms with van der Waals surface area (Å²) in [6.07, 6.45) is 4.23. The third kappa shape index (κ3) is 3.67. The first-order valence-corrected chi connectivity index (χ1v) is 8.41. The Kier molecular flexibility index (Phi) is 4.71. The molecule has 1 amide bonds. The van der Waals surface area contributed by atoms with Gasteiger partial charge in [-0.1, -0.05) is 23.7 Å². The molecule has 1 aromatic carbocycles. The van der Waals surface area contributed by atoms with Gasteiger partial charge in [-0.25, -0.2) is 0 Å². The molecular weight excluding hydrogens is 324 g/mol. The number of carbonyl (C=O) groups is 1. The lowest BCUT2D eigenvalue weighted by molar-refractivity contribution is -0.126. The molecule has 126 valence electrons. The van der Waals surface area contributed by atoms with E-state index in [0.29, 0.717) is 23.1 Å². The van der Waals surface area contributed by atoms with Crippen molar-refractivity contribution < 1.29 is 4.79 Å². The second kappa shape index (κ2) is 6.77. The molecule has 1 aliphatic carbocycles. The summed E-state index contributed by atoms with van der Waals surface area (Å²) in [5.41, 5.74) is 1.62. The molecule has 5 nitrogen and oxygen atoms in total. The number of amides is 1. The van der Waals surface area contributed by atoms with Crippen molar-refractivity contribution in [2.75, 3.05) is 7.05 Å². The van der Waals surface area contributed by atoms with E-state index >= 15 is 0 Å². The molecule has 0 atom stereocenters. The molecule has 3 rings (SSSR count). The minimum absolute atomic E-state index is 0.0269. The number of hydrogen-bond donors (Lipinski definition) is 0. The van der Waals surface area contributed by atoms with Crippen molar-refractivity contribution in [2.45, 2.75) is 32.2 Å². The fraction of sp³-hybridized carbons (Fsp3) is 0.389. The number of aromatic nitrogens is 3. The minimum Gasteiger partial charge on any atom is -0.334 e. The smallest absolute Gasteiger partial charge is 0.249 e. The van der Waals surface area contributed by atoms with Gasteiger partial charge < -0.3 is 9.47 Å². The molecule has 6 heteroatoms. The van der Waals surface area contributed by atoms with Gasteiger partial charge in [0.05, 0.1) is 6.54 Å². The zero-order chi connectivity index (χ0) is 17.3. The van der Waals surface area contributed by atoms with E-state index in [1.54, 1.807) is 11.9 Å². The second-order valence-corrected chi connectivity index (χ2v) is 6.78. The Morgan fingerprint density at radius 1 is 1.33 bits per heavy atom. The maximum Gasteiger partial charge on any atom is 0.249 e. The molecule has 1 fully saturated rings. The average Bonchev–Trinajstić information content (AvgIpc) is 3.34. The second-order valence-electron chi connectivity index (χ2n) is 6.35. The third-order valence-electron chi connectivity index (χ3n) is 4.26. The van der Waals surface area contributed by atoms with Crippen LogP contribution in [-0.4, -0.2) is 32.6 Å². The maximum atomic E-state index is 12.6. The normalized spacial score (nSPS) is 14.8. The highest BCUT2D eigenvalue weighted by Gasteiger charge is 2.29. The summed E-state index contributed by atoms with van der Waals surface area (Å²) in [7, 11) is 3.75. The van der Waals surface area contributed by atoms with E-state index in [-0.39, 0.29) is 5.91 Å². The fourth-order valence-corrected chi connectivity index (χ4v) is 2.79. The van der Waals surface area contributed by atoms with E-state index in [0.717, 1.165) is 17.2 Å². The highest BCUT2D eigenvalue weighted by Crippen LogP contribution is 2.38. The third-order valence-corrected chi connectivity index (χ3v) is 4.51. The first-order chi connectivity index (χ1) is 11.5. The van der Waals surface area contributed by atoms with E-state index in [4.69, 9.17) is 11.6 Å². The van der Waals surface area contributed by atoms with Gasteiger partial charge in [-0.3, -0.25) is 4.79 Å². The number of carbonyl (C=O) groups excluding carboxylic acids is 1. The Hall–Kier alpha value is -2.14. The van der Waals surface area contributed by atoms with Crippen LogP contribution in [0.4, 0.5) is 0 Å². The van der Waals surface area contributed by atoms with Crippen LogP contribution in [0.5, 0.6) is 0 Å². The topological polar surface area (TPSA) is 51.0 Å². The Morgan fingerprint density at radius 2 is 2.00 bits per heavy atom. The van der Waals surface area contributed by atoms with Gasteiger partial charge in [-0.05, 0) is 43.5 Å². The average molecular weight is 345 g/mol. The first kappa shape index (κ1) is 16.7. The van der Waals surface area contributed by atoms with Gasteiger partial charge >= 0.3 is 0 Å². The van der Waals surface area contributed by atoms with Crippen molar-refractivity contribution in [1.82, 2.24) is 19.7 Å². The molecule has 0 radical (unpaired) electrons. The number of nitrogens with zero attached hydrogens (tertiary/aromatic N) is 4. The summed E-state index contributed by atoms with van der Waals surface area (Å²) in [6, 6.07) is 7.41. The Bertz CT molecular complexity index is 775. The van der Waals surface area contributed by atoms with Crippen LogP contribution in [0.15, 0.2) is 29.8 Å². The van der Waals surface area contributed by atoms with Gasteiger partial charge in [0, 0.05) is 30.6 Å². The Balaban J connectivity index is 1.68. The van der Waals surface area contributed by atoms with Crippen molar-refractivity contribution in [3.05, 3.63) is 52.1 Å². The minimum atomic E-state index is -0.0269. The molecule has 2 aromatic rings. The van der Waals surface area contributed by atoms with Gasteiger partial charge in [0.1, 0.15) is 5.82 Å². The van der Waals surface area contributed by atoms with Gasteiger partial charge in [0.2, 0.25) is 5.91 Å². The van der Waals surface area contributed by atoms with Crippen LogP contribution in [0.3, 0.4) is 0 Å². The number of likely N-dealkylation sites (N-methyl/N-ethyl adjacent to an activating group) is 1. The number of rotatable bonds is 5. The van der Waals surface area contributed by atoms with Crippen molar-refractivity contribution in [1.29, 1.82) is 0 Å². The van der Waals surface area contributed by atoms with Crippen LogP contribution in [-0.2, 0) is 18.4 Å². The molecule has 0 N–H and O–H groups in total. The maximum absolute atomic E-state index is 12.6. The summed E-state index contributed by atoms with van der Waals surface area (Å²) in [4.78, 5) is 14.2. The monoisotopic (exact) mass is 344 g/mol. The standard InChI is InChI=1S/C18H21ClN4O/c1-12(10-13-4-8-15(19)9-5-13)18(24)22(2)11-16-20-21-17(23(16)3)14-6-7-14/h4-5,8-10,14H,6-7,11H2,1-3H3/b12-10+. The lowest BCUT2D eigenvalue weighted by Crippen LogP contribution is -2.28. The lowest BCUT2D eigenvalue weighted by atomic mass is 10.1. The molecule has 24 heavy (non-hydrogen) atoms. The Labute approximate surface area is 146 Å². The molecule has 1 aliphatic rings. The lowest BCUT2D eigenvalue weighted by Gasteiger charge is -2.17. The Morgan fingerprint density at radius 3 is 2.62 bits per heavy atom. The van der Waals surface area contributed by atoms with Crippen LogP contribution < -0.4 is 0 Å². The summed E-state index contributed by atoms with van der Waals surface area (Å²) >= 11 is 5.88. The van der Waals surface area contributed by atoms with Crippen molar-refractivity contribution in [3.63, 3.8) is 0 Å². The molecule has 0 unspecified atom stereocenters. The van der Waals surface area contributed by atoms with Crippen LogP contribution in [0.1, 0.15) is 42.9 Å². The molecule has 1 heterocycles. The highest BCUT2D eigenvalue weighted by atomic mass is 35.5. The van der Waals surface area contributed by atoms with Crippen LogP contribution in [0, 0.1) is 0 Å². The first-order valence-electron chi connectivity index (χ1n) is 8.03. The van der Waals surface area contributed by atoms with E-state index in [1.807, 2.05) is 48.9 Å². The van der Waals surface area contributed by atoms with Crippen molar-refractivity contribution >= 4 is 23.6 Å². The van der Waals surface area contributed by atoms with E-state index in [9.17, 15) is 4.79 Å². The molecule has 0 aliphatic heterocycles. The molecule has 0 spiro atoms. The predicted octanol–water partition coefficient (Wildman–Crippen LogP) is 3.41. The summed E-state index contributed by atoms with van der Waals surface area (Å²) in [5, 5.41) is 9.18. The van der Waals surface area contributed by atoms with Gasteiger partial charge in [-0.15, -0.1) is 10.2 Å². The van der Waals surface area contributed by atoms with Crippen LogP contribution in [0.2, 0.25) is 5.02 Å². The number of hydrogen-bond acceptors (Lipinski definition) is 3. The van der Waals surface area contributed by atoms with Gasteiger partial charge in [0.25, 0.3) is 0 Å². The molecule has 0 bridgehead atoms. The summed E-state index contributed by atoms with van der Waals surface area (Å²) < 4.78 is 2.01. The van der Waals surface area contributed by atoms with Crippen molar-refractivity contribution in [3.8, 4) is 0 Å². The summed E-state index contributed by atoms with van der Waals surface area (Å²) in [6.45, 7) is 2.26. The number of halogens is 1. The predicted molar refractivity (Wildman–Crippen MR) is 94.6 cm³/mol. The number of benzene rings is 1. The highest BCUT2D eigenvalue weighted by molar-refractivity contribution is 6.30. The van der Waals surface area contributed by atoms with Gasteiger partial charge in [-0.2, -0.15) is 0 Å². The van der Waals surface area contributed by atoms with Crippen LogP contribution in [0.25, 0.3) is 6.08 Å². The fourth-order valence-electron chi connectivity index (χ4n) is 2.67. The SMILES string of the molecule is C/C(=C\c1ccc(Cl)cc1)C(=O)N(C)Cc1nnc(C2CC2)n1C. The van der Waals surface area contributed by atoms with Gasteiger partial charge in [0.15, 0.2) is 5.82 Å². The molecule has 0 saturated heterocycles. The van der Waals surface area contributed by atoms with E-state index in [1.165, 1.54) is 12.8 Å². The van der Waals surface area contributed by atoms with Crippen LogP contribution >= 0.6 is 11.6 Å². The van der Waals surface area contributed by atoms with E-state index < -0.39 is 0 Å². The zero-order valence-electron chi connectivity index (χ0n) is 14.2. The largest absolute Gasteiger partial charge is 0.334 e. The zero-order valence-corrected chi connectivity index (χ0v) is 14.9. The molecular formula is C18H21ClN4O. The van der Waals surface area contributed by atoms with E-state index in [2.05, 4.69) is 10.2 Å². The van der Waals surface area contributed by atoms with Crippen molar-refractivity contribution in [2.24, 2.45) is 7.05 Å². The molecule has 1 aromatic heterocycles. The summed E-state index contributed by atoms with van der Waals surface area (Å²) in [5.74, 6) is 2.36. The quantitative estimate of drug-likeness (QED) is 0.781. The molecule has 1 saturated carbocycles.